The molecule has 0 aliphatic carbocycles. The fourth-order valence-electron chi connectivity index (χ4n) is 3.49. The largest absolute Gasteiger partial charge is 0.402 e. The SMILES string of the molecule is Cc1ccc(C(=O)CN2C(=C3N=C(c4ccccc4)OC3=O)Sc3ccccc32)cc1. The predicted molar refractivity (Wildman–Crippen MR) is 121 cm³/mol. The highest BCUT2D eigenvalue weighted by Gasteiger charge is 2.36. The second-order valence-electron chi connectivity index (χ2n) is 7.27. The van der Waals surface area contributed by atoms with Gasteiger partial charge in [-0.2, -0.15) is 0 Å². The second-order valence-corrected chi connectivity index (χ2v) is 8.30. The summed E-state index contributed by atoms with van der Waals surface area (Å²) in [5.41, 5.74) is 3.56. The molecule has 0 bridgehead atoms. The number of esters is 1. The number of benzene rings is 3. The molecule has 3 aromatic carbocycles. The minimum absolute atomic E-state index is 0.0333. The van der Waals surface area contributed by atoms with Crippen LogP contribution in [0.5, 0.6) is 0 Å². The lowest BCUT2D eigenvalue weighted by Gasteiger charge is -2.20. The molecule has 0 saturated carbocycles. The van der Waals surface area contributed by atoms with Crippen molar-refractivity contribution in [2.45, 2.75) is 11.8 Å². The lowest BCUT2D eigenvalue weighted by Crippen LogP contribution is -2.27. The quantitative estimate of drug-likeness (QED) is 0.335. The molecule has 2 heterocycles. The second kappa shape index (κ2) is 7.89. The molecular weight excluding hydrogens is 408 g/mol. The third-order valence-electron chi connectivity index (χ3n) is 5.10. The minimum Gasteiger partial charge on any atom is -0.402 e. The van der Waals surface area contributed by atoms with Gasteiger partial charge in [0, 0.05) is 16.0 Å². The Bertz CT molecular complexity index is 1250. The number of ketones is 1. The van der Waals surface area contributed by atoms with Crippen molar-refractivity contribution in [3.63, 3.8) is 0 Å². The Balaban J connectivity index is 1.54. The highest BCUT2D eigenvalue weighted by atomic mass is 32.2. The van der Waals surface area contributed by atoms with Gasteiger partial charge >= 0.3 is 5.97 Å². The van der Waals surface area contributed by atoms with E-state index in [2.05, 4.69) is 4.99 Å². The zero-order valence-electron chi connectivity index (χ0n) is 16.7. The molecule has 5 nitrogen and oxygen atoms in total. The number of aliphatic imine (C=N–C) groups is 1. The number of hydrogen-bond acceptors (Lipinski definition) is 6. The first kappa shape index (κ1) is 19.3. The van der Waals surface area contributed by atoms with E-state index in [1.54, 1.807) is 0 Å². The number of fused-ring (bicyclic) bond motifs is 1. The first-order valence-electron chi connectivity index (χ1n) is 9.85. The van der Waals surface area contributed by atoms with Crippen LogP contribution in [0, 0.1) is 6.92 Å². The summed E-state index contributed by atoms with van der Waals surface area (Å²) in [6.07, 6.45) is 0. The fraction of sp³-hybridized carbons (Fsp3) is 0.0800. The van der Waals surface area contributed by atoms with Crippen molar-refractivity contribution >= 4 is 35.1 Å². The highest BCUT2D eigenvalue weighted by molar-refractivity contribution is 8.03. The summed E-state index contributed by atoms with van der Waals surface area (Å²) in [6, 6.07) is 24.6. The van der Waals surface area contributed by atoms with Crippen LogP contribution in [0.15, 0.2) is 99.5 Å². The standard InChI is InChI=1S/C25H18N2O3S/c1-16-11-13-17(14-12-16)20(28)15-27-19-9-5-6-10-21(19)31-24(27)22-25(29)30-23(26-22)18-7-3-2-4-8-18/h2-14H,15H2,1H3. The van der Waals surface area contributed by atoms with E-state index >= 15 is 0 Å². The number of anilines is 1. The smallest absolute Gasteiger partial charge is 0.366 e. The van der Waals surface area contributed by atoms with Crippen molar-refractivity contribution in [2.24, 2.45) is 4.99 Å². The molecule has 2 aliphatic rings. The molecular formula is C25H18N2O3S. The number of thioether (sulfide) groups is 1. The van der Waals surface area contributed by atoms with Gasteiger partial charge < -0.3 is 9.64 Å². The van der Waals surface area contributed by atoms with E-state index in [0.717, 1.165) is 21.7 Å². The number of ether oxygens (including phenoxy) is 1. The van der Waals surface area contributed by atoms with Gasteiger partial charge in [-0.3, -0.25) is 4.79 Å². The number of carbonyl (C=O) groups excluding carboxylic acids is 2. The van der Waals surface area contributed by atoms with E-state index in [9.17, 15) is 9.59 Å². The summed E-state index contributed by atoms with van der Waals surface area (Å²) in [4.78, 5) is 33.1. The molecule has 31 heavy (non-hydrogen) atoms. The molecule has 0 saturated heterocycles. The first-order valence-corrected chi connectivity index (χ1v) is 10.7. The third-order valence-corrected chi connectivity index (χ3v) is 6.27. The zero-order chi connectivity index (χ0) is 21.4. The van der Waals surface area contributed by atoms with Gasteiger partial charge in [-0.05, 0) is 31.2 Å². The molecule has 0 fully saturated rings. The van der Waals surface area contributed by atoms with E-state index in [1.165, 1.54) is 11.8 Å². The Morgan fingerprint density at radius 1 is 0.968 bits per heavy atom. The number of Topliss-reactive ketones (excluding diaryl/α,β-unsaturated/α-hetero) is 1. The molecule has 0 spiro atoms. The summed E-state index contributed by atoms with van der Waals surface area (Å²) in [6.45, 7) is 2.09. The van der Waals surface area contributed by atoms with Crippen LogP contribution in [0.4, 0.5) is 5.69 Å². The van der Waals surface area contributed by atoms with Crippen LogP contribution >= 0.6 is 11.8 Å². The predicted octanol–water partition coefficient (Wildman–Crippen LogP) is 4.96. The van der Waals surface area contributed by atoms with Crippen LogP contribution in [0.3, 0.4) is 0 Å². The number of cyclic esters (lactones) is 1. The van der Waals surface area contributed by atoms with Crippen LogP contribution in [-0.2, 0) is 9.53 Å². The van der Waals surface area contributed by atoms with Gasteiger partial charge in [0.15, 0.2) is 11.5 Å². The van der Waals surface area contributed by atoms with Crippen molar-refractivity contribution in [2.75, 3.05) is 11.4 Å². The number of carbonyl (C=O) groups is 2. The van der Waals surface area contributed by atoms with Crippen molar-refractivity contribution in [1.29, 1.82) is 0 Å². The number of rotatable bonds is 4. The van der Waals surface area contributed by atoms with Gasteiger partial charge in [0.05, 0.1) is 12.2 Å². The van der Waals surface area contributed by atoms with Crippen molar-refractivity contribution in [3.05, 3.63) is 106 Å². The molecule has 152 valence electrons. The number of aryl methyl sites for hydroxylation is 1. The maximum absolute atomic E-state index is 13.0. The molecule has 0 atom stereocenters. The van der Waals surface area contributed by atoms with E-state index in [0.29, 0.717) is 10.6 Å². The van der Waals surface area contributed by atoms with E-state index < -0.39 is 5.97 Å². The van der Waals surface area contributed by atoms with E-state index in [4.69, 9.17) is 4.74 Å². The molecule has 0 N–H and O–H groups in total. The molecule has 0 radical (unpaired) electrons. The van der Waals surface area contributed by atoms with E-state index in [1.807, 2.05) is 90.7 Å². The van der Waals surface area contributed by atoms with Crippen LogP contribution in [0.25, 0.3) is 0 Å². The van der Waals surface area contributed by atoms with Crippen molar-refractivity contribution < 1.29 is 14.3 Å². The summed E-state index contributed by atoms with van der Waals surface area (Å²) in [5, 5.41) is 0.609. The fourth-order valence-corrected chi connectivity index (χ4v) is 4.62. The molecule has 0 amide bonds. The van der Waals surface area contributed by atoms with Gasteiger partial charge in [0.1, 0.15) is 5.03 Å². The average molecular weight is 426 g/mol. The van der Waals surface area contributed by atoms with Gasteiger partial charge in [-0.25, -0.2) is 9.79 Å². The number of para-hydroxylation sites is 1. The maximum atomic E-state index is 13.0. The van der Waals surface area contributed by atoms with Crippen LogP contribution < -0.4 is 4.90 Å². The molecule has 3 aromatic rings. The summed E-state index contributed by atoms with van der Waals surface area (Å²) in [7, 11) is 0. The van der Waals surface area contributed by atoms with Gasteiger partial charge in [-0.1, -0.05) is 71.9 Å². The zero-order valence-corrected chi connectivity index (χ0v) is 17.6. The Kier molecular flexibility index (Phi) is 4.92. The average Bonchev–Trinajstić information content (AvgIpc) is 3.35. The van der Waals surface area contributed by atoms with Crippen LogP contribution in [0.1, 0.15) is 21.5 Å². The molecule has 0 aromatic heterocycles. The lowest BCUT2D eigenvalue weighted by molar-refractivity contribution is -0.130. The Hall–Kier alpha value is -3.64. The van der Waals surface area contributed by atoms with Gasteiger partial charge in [0.2, 0.25) is 5.90 Å². The summed E-state index contributed by atoms with van der Waals surface area (Å²) in [5.74, 6) is -0.273. The van der Waals surface area contributed by atoms with E-state index in [-0.39, 0.29) is 23.9 Å². The van der Waals surface area contributed by atoms with Gasteiger partial charge in [-0.15, -0.1) is 0 Å². The highest BCUT2D eigenvalue weighted by Crippen LogP contribution is 2.48. The van der Waals surface area contributed by atoms with Crippen molar-refractivity contribution in [1.82, 2.24) is 0 Å². The summed E-state index contributed by atoms with van der Waals surface area (Å²) >= 11 is 1.43. The van der Waals surface area contributed by atoms with Crippen LogP contribution in [0.2, 0.25) is 0 Å². The maximum Gasteiger partial charge on any atom is 0.366 e. The number of hydrogen-bond donors (Lipinski definition) is 0. The first-order chi connectivity index (χ1) is 15.1. The Labute approximate surface area is 184 Å². The summed E-state index contributed by atoms with van der Waals surface area (Å²) < 4.78 is 5.45. The molecule has 0 unspecified atom stereocenters. The van der Waals surface area contributed by atoms with Gasteiger partial charge in [0.25, 0.3) is 0 Å². The number of nitrogens with zero attached hydrogens (tertiary/aromatic N) is 2. The lowest BCUT2D eigenvalue weighted by atomic mass is 10.1. The Morgan fingerprint density at radius 2 is 1.68 bits per heavy atom. The minimum atomic E-state index is -0.512. The molecule has 2 aliphatic heterocycles. The third kappa shape index (κ3) is 3.66. The monoisotopic (exact) mass is 426 g/mol. The Morgan fingerprint density at radius 3 is 2.45 bits per heavy atom. The normalized spacial score (nSPS) is 17.4. The molecule has 5 rings (SSSR count). The van der Waals surface area contributed by atoms with Crippen LogP contribution in [-0.4, -0.2) is 24.2 Å². The molecule has 6 heteroatoms. The topological polar surface area (TPSA) is 59.0 Å². The van der Waals surface area contributed by atoms with Crippen molar-refractivity contribution in [3.8, 4) is 0 Å².